The van der Waals surface area contributed by atoms with Gasteiger partial charge in [0.05, 0.1) is 23.5 Å². The zero-order valence-electron chi connectivity index (χ0n) is 19.8. The number of hydrogen-bond donors (Lipinski definition) is 1. The van der Waals surface area contributed by atoms with Gasteiger partial charge in [-0.15, -0.1) is 11.3 Å². The van der Waals surface area contributed by atoms with Crippen LogP contribution in [0.4, 0.5) is 13.2 Å². The van der Waals surface area contributed by atoms with Gasteiger partial charge in [-0.3, -0.25) is 4.57 Å². The van der Waals surface area contributed by atoms with Crippen LogP contribution in [0.2, 0.25) is 0 Å². The Morgan fingerprint density at radius 3 is 2.49 bits per heavy atom. The predicted octanol–water partition coefficient (Wildman–Crippen LogP) is 4.03. The van der Waals surface area contributed by atoms with E-state index in [1.54, 1.807) is 18.2 Å². The summed E-state index contributed by atoms with van der Waals surface area (Å²) in [6.45, 7) is 0.975. The minimum Gasteiger partial charge on any atom is -0.768 e. The van der Waals surface area contributed by atoms with Crippen molar-refractivity contribution in [1.82, 2.24) is 4.72 Å². The first-order valence-corrected chi connectivity index (χ1v) is 15.1. The van der Waals surface area contributed by atoms with E-state index in [-0.39, 0.29) is 4.21 Å². The Morgan fingerprint density at radius 2 is 1.79 bits per heavy atom. The molecule has 0 aliphatic rings. The highest BCUT2D eigenvalue weighted by molar-refractivity contribution is 7.92. The maximum Gasteiger partial charge on any atom is 0.417 e. The third-order valence-electron chi connectivity index (χ3n) is 5.24. The third kappa shape index (κ3) is 7.35. The van der Waals surface area contributed by atoms with Gasteiger partial charge in [0.1, 0.15) is 22.3 Å². The summed E-state index contributed by atoms with van der Waals surface area (Å²) >= 11 is 0.899. The van der Waals surface area contributed by atoms with Gasteiger partial charge in [0.15, 0.2) is 26.5 Å². The molecule has 1 N–H and O–H groups in total. The van der Waals surface area contributed by atoms with Gasteiger partial charge in [-0.25, -0.2) is 17.7 Å². The highest BCUT2D eigenvalue weighted by Gasteiger charge is 2.34. The monoisotopic (exact) mass is 597 g/mol. The first-order chi connectivity index (χ1) is 18.4. The summed E-state index contributed by atoms with van der Waals surface area (Å²) < 4.78 is 91.9. The van der Waals surface area contributed by atoms with E-state index in [4.69, 9.17) is 10.00 Å². The largest absolute Gasteiger partial charge is 0.768 e. The summed E-state index contributed by atoms with van der Waals surface area (Å²) in [7, 11) is -9.32. The van der Waals surface area contributed by atoms with Gasteiger partial charge in [-0.05, 0) is 47.9 Å². The lowest BCUT2D eigenvalue weighted by Crippen LogP contribution is -2.35. The number of ether oxygens (including phenoxy) is 1. The van der Waals surface area contributed by atoms with Gasteiger partial charge in [-0.2, -0.15) is 18.4 Å². The summed E-state index contributed by atoms with van der Waals surface area (Å²) in [5, 5.41) is 9.40. The molecule has 4 aromatic rings. The molecule has 204 valence electrons. The molecule has 0 amide bonds. The van der Waals surface area contributed by atoms with Crippen LogP contribution in [0.5, 0.6) is 11.5 Å². The molecule has 1 unspecified atom stereocenters. The van der Waals surface area contributed by atoms with Gasteiger partial charge in [0.2, 0.25) is 0 Å². The van der Waals surface area contributed by atoms with E-state index in [1.807, 2.05) is 39.9 Å². The molecule has 0 spiro atoms. The van der Waals surface area contributed by atoms with Crippen molar-refractivity contribution < 1.29 is 44.9 Å². The Bertz CT molecular complexity index is 1690. The first-order valence-electron chi connectivity index (χ1n) is 11.1. The molecule has 2 aromatic carbocycles. The number of nitrogens with one attached hydrogen (secondary N) is 1. The van der Waals surface area contributed by atoms with Crippen LogP contribution in [0.15, 0.2) is 77.3 Å². The van der Waals surface area contributed by atoms with E-state index in [9.17, 15) is 31.0 Å². The first kappa shape index (κ1) is 28.5. The maximum atomic E-state index is 13.1. The van der Waals surface area contributed by atoms with Gasteiger partial charge >= 0.3 is 6.18 Å². The number of hydrogen-bond acceptors (Lipinski definition) is 8. The van der Waals surface area contributed by atoms with Crippen LogP contribution in [0.1, 0.15) is 11.1 Å². The minimum atomic E-state index is -5.02. The van der Waals surface area contributed by atoms with Crippen LogP contribution in [0, 0.1) is 11.3 Å². The summed E-state index contributed by atoms with van der Waals surface area (Å²) in [5.41, 5.74) is -2.10. The lowest BCUT2D eigenvalue weighted by molar-refractivity contribution is -0.697. The predicted molar refractivity (Wildman–Crippen MR) is 134 cm³/mol. The van der Waals surface area contributed by atoms with Gasteiger partial charge < -0.3 is 14.2 Å². The number of thiophene rings is 1. The van der Waals surface area contributed by atoms with Crippen LogP contribution in [-0.2, 0) is 27.3 Å². The second-order valence-electron chi connectivity index (χ2n) is 8.05. The Balaban J connectivity index is 1.41. The number of alkyl halides is 3. The summed E-state index contributed by atoms with van der Waals surface area (Å²) in [6.07, 6.45) is -2.35. The zero-order chi connectivity index (χ0) is 28.3. The summed E-state index contributed by atoms with van der Waals surface area (Å²) in [5.74, 6) is -0.189. The van der Waals surface area contributed by atoms with Crippen molar-refractivity contribution in [3.63, 3.8) is 0 Å². The molecule has 0 aliphatic heterocycles. The van der Waals surface area contributed by atoms with E-state index >= 15 is 0 Å². The number of pyridine rings is 1. The molecule has 0 saturated carbocycles. The van der Waals surface area contributed by atoms with Crippen molar-refractivity contribution in [3.05, 3.63) is 84.2 Å². The van der Waals surface area contributed by atoms with Crippen LogP contribution >= 0.6 is 18.9 Å². The molecule has 39 heavy (non-hydrogen) atoms. The third-order valence-corrected chi connectivity index (χ3v) is 9.47. The average molecular weight is 598 g/mol. The number of nitriles is 1. The van der Waals surface area contributed by atoms with E-state index in [0.29, 0.717) is 35.1 Å². The molecule has 0 fully saturated rings. The molecular formula is C24H19F3N3O6PS2. The minimum absolute atomic E-state index is 0.174. The summed E-state index contributed by atoms with van der Waals surface area (Å²) in [6, 6.07) is 15.4. The molecule has 15 heteroatoms. The van der Waals surface area contributed by atoms with E-state index in [0.717, 1.165) is 23.5 Å². The SMILES string of the molecule is N#Cc1ccc(OP(=O)([O-])CNS(=O)(=O)c2cc3cc(OCC[n+]4ccccc4)ccc3s2)cc1C(F)(F)F. The molecule has 0 saturated heterocycles. The number of aromatic nitrogens is 1. The van der Waals surface area contributed by atoms with Crippen molar-refractivity contribution in [3.8, 4) is 17.6 Å². The number of sulfonamides is 1. The van der Waals surface area contributed by atoms with E-state index < -0.39 is 47.0 Å². The van der Waals surface area contributed by atoms with E-state index in [2.05, 4.69) is 4.52 Å². The van der Waals surface area contributed by atoms with E-state index in [1.165, 1.54) is 12.1 Å². The van der Waals surface area contributed by atoms with Crippen molar-refractivity contribution in [1.29, 1.82) is 5.26 Å². The lowest BCUT2D eigenvalue weighted by atomic mass is 10.1. The van der Waals surface area contributed by atoms with Crippen LogP contribution in [0.25, 0.3) is 10.1 Å². The van der Waals surface area contributed by atoms with Crippen LogP contribution in [0.3, 0.4) is 0 Å². The molecule has 0 radical (unpaired) electrons. The molecule has 1 atom stereocenters. The number of benzene rings is 2. The highest BCUT2D eigenvalue weighted by atomic mass is 32.2. The molecule has 0 aliphatic carbocycles. The fraction of sp³-hybridized carbons (Fsp3) is 0.167. The smallest absolute Gasteiger partial charge is 0.417 e. The molecule has 4 rings (SSSR count). The Hall–Kier alpha value is -3.47. The number of nitrogens with zero attached hydrogens (tertiary/aromatic N) is 2. The van der Waals surface area contributed by atoms with Crippen molar-refractivity contribution in [2.24, 2.45) is 0 Å². The van der Waals surface area contributed by atoms with Crippen molar-refractivity contribution in [2.75, 3.05) is 12.9 Å². The summed E-state index contributed by atoms with van der Waals surface area (Å²) in [4.78, 5) is 12.3. The normalized spacial score (nSPS) is 13.5. The molecule has 9 nitrogen and oxygen atoms in total. The van der Waals surface area contributed by atoms with Crippen molar-refractivity contribution in [2.45, 2.75) is 16.9 Å². The van der Waals surface area contributed by atoms with Gasteiger partial charge in [0.25, 0.3) is 10.0 Å². The fourth-order valence-electron chi connectivity index (χ4n) is 3.41. The lowest BCUT2D eigenvalue weighted by Gasteiger charge is -2.24. The number of fused-ring (bicyclic) bond motifs is 1. The maximum absolute atomic E-state index is 13.1. The second-order valence-corrected chi connectivity index (χ2v) is 12.9. The second kappa shape index (κ2) is 11.3. The average Bonchev–Trinajstić information content (AvgIpc) is 3.32. The molecule has 0 bridgehead atoms. The molecule has 2 aromatic heterocycles. The highest BCUT2D eigenvalue weighted by Crippen LogP contribution is 2.41. The molecule has 2 heterocycles. The molecular weight excluding hydrogens is 578 g/mol. The fourth-order valence-corrected chi connectivity index (χ4v) is 7.31. The number of halogens is 3. The van der Waals surface area contributed by atoms with Crippen LogP contribution in [-0.4, -0.2) is 21.3 Å². The van der Waals surface area contributed by atoms with Gasteiger partial charge in [0, 0.05) is 16.8 Å². The standard InChI is InChI=1S/C24H19F3N3O6PS2/c25-24(26,27)21-14-20(5-4-17(21)15-28)36-37(31,32)16-29-39(33,34)23-13-18-12-19(6-7-22(18)38-23)35-11-10-30-8-2-1-3-9-30/h1-9,12-14,29H,10-11,16H2. The van der Waals surface area contributed by atoms with Crippen LogP contribution < -0.4 is 23.4 Å². The van der Waals surface area contributed by atoms with Gasteiger partial charge in [-0.1, -0.05) is 6.07 Å². The Morgan fingerprint density at radius 1 is 1.08 bits per heavy atom. The Labute approximate surface area is 225 Å². The Kier molecular flexibility index (Phi) is 8.29. The van der Waals surface area contributed by atoms with Crippen molar-refractivity contribution >= 4 is 39.0 Å². The number of rotatable bonds is 10. The topological polar surface area (TPSA) is 132 Å². The zero-order valence-corrected chi connectivity index (χ0v) is 22.3. The quantitative estimate of drug-likeness (QED) is 0.216.